The molecule has 0 radical (unpaired) electrons. The molecule has 5 nitrogen and oxygen atoms in total. The molecular weight excluding hydrogens is 346 g/mol. The van der Waals surface area contributed by atoms with E-state index in [0.717, 1.165) is 25.5 Å². The summed E-state index contributed by atoms with van der Waals surface area (Å²) < 4.78 is 27.8. The summed E-state index contributed by atoms with van der Waals surface area (Å²) in [7, 11) is 3.75. The zero-order valence-corrected chi connectivity index (χ0v) is 15.1. The summed E-state index contributed by atoms with van der Waals surface area (Å²) >= 11 is 1.25. The van der Waals surface area contributed by atoms with Gasteiger partial charge in [-0.25, -0.2) is 13.8 Å². The Hall–Kier alpha value is -1.64. The molecule has 0 saturated carbocycles. The predicted octanol–water partition coefficient (Wildman–Crippen LogP) is 2.29. The topological polar surface area (TPSA) is 57.3 Å². The second kappa shape index (κ2) is 7.72. The zero-order chi connectivity index (χ0) is 18.0. The SMILES string of the molecule is CN(C)[C@@H](CNC(=O)[C@H]1CCCNC1)c1nc2c(F)cc(F)cc2s1. The molecule has 0 spiro atoms. The Kier molecular flexibility index (Phi) is 5.61. The molecule has 1 aliphatic rings. The number of halogens is 2. The molecular formula is C17H22F2N4OS. The average molecular weight is 368 g/mol. The van der Waals surface area contributed by atoms with Gasteiger partial charge in [-0.1, -0.05) is 0 Å². The van der Waals surface area contributed by atoms with E-state index in [1.165, 1.54) is 17.4 Å². The number of likely N-dealkylation sites (N-methyl/N-ethyl adjacent to an activating group) is 1. The normalized spacial score (nSPS) is 19.3. The van der Waals surface area contributed by atoms with E-state index in [-0.39, 0.29) is 23.4 Å². The highest BCUT2D eigenvalue weighted by Crippen LogP contribution is 2.30. The summed E-state index contributed by atoms with van der Waals surface area (Å²) in [6.07, 6.45) is 1.88. The molecule has 1 saturated heterocycles. The summed E-state index contributed by atoms with van der Waals surface area (Å²) in [4.78, 5) is 18.6. The summed E-state index contributed by atoms with van der Waals surface area (Å²) in [6.45, 7) is 2.04. The monoisotopic (exact) mass is 368 g/mol. The van der Waals surface area contributed by atoms with E-state index < -0.39 is 11.6 Å². The van der Waals surface area contributed by atoms with Crippen molar-refractivity contribution in [3.05, 3.63) is 28.8 Å². The number of nitrogens with one attached hydrogen (secondary N) is 2. The van der Waals surface area contributed by atoms with Crippen molar-refractivity contribution in [2.75, 3.05) is 33.7 Å². The van der Waals surface area contributed by atoms with Gasteiger partial charge in [0, 0.05) is 19.2 Å². The molecule has 136 valence electrons. The van der Waals surface area contributed by atoms with Crippen LogP contribution in [0.25, 0.3) is 10.2 Å². The van der Waals surface area contributed by atoms with Gasteiger partial charge in [-0.15, -0.1) is 11.3 Å². The first-order valence-electron chi connectivity index (χ1n) is 8.36. The second-order valence-electron chi connectivity index (χ2n) is 6.55. The van der Waals surface area contributed by atoms with Crippen LogP contribution in [0, 0.1) is 17.6 Å². The number of hydrogen-bond donors (Lipinski definition) is 2. The summed E-state index contributed by atoms with van der Waals surface area (Å²) in [6, 6.07) is 1.94. The van der Waals surface area contributed by atoms with Crippen molar-refractivity contribution in [1.82, 2.24) is 20.5 Å². The lowest BCUT2D eigenvalue weighted by Crippen LogP contribution is -2.43. The third-order valence-electron chi connectivity index (χ3n) is 4.48. The van der Waals surface area contributed by atoms with E-state index in [1.54, 1.807) is 0 Å². The molecule has 25 heavy (non-hydrogen) atoms. The lowest BCUT2D eigenvalue weighted by Gasteiger charge is -2.25. The molecule has 3 rings (SSSR count). The molecule has 1 aromatic carbocycles. The zero-order valence-electron chi connectivity index (χ0n) is 14.3. The molecule has 2 heterocycles. The summed E-state index contributed by atoms with van der Waals surface area (Å²) in [5.41, 5.74) is 0.177. The van der Waals surface area contributed by atoms with E-state index in [9.17, 15) is 13.6 Å². The van der Waals surface area contributed by atoms with Crippen LogP contribution in [0.2, 0.25) is 0 Å². The summed E-state index contributed by atoms with van der Waals surface area (Å²) in [5.74, 6) is -1.26. The van der Waals surface area contributed by atoms with E-state index >= 15 is 0 Å². The van der Waals surface area contributed by atoms with Gasteiger partial charge in [0.05, 0.1) is 16.7 Å². The first-order valence-corrected chi connectivity index (χ1v) is 9.17. The highest BCUT2D eigenvalue weighted by Gasteiger charge is 2.24. The van der Waals surface area contributed by atoms with Gasteiger partial charge in [-0.05, 0) is 39.5 Å². The van der Waals surface area contributed by atoms with Crippen LogP contribution in [-0.4, -0.2) is 49.5 Å². The first-order chi connectivity index (χ1) is 12.0. The van der Waals surface area contributed by atoms with Crippen molar-refractivity contribution >= 4 is 27.5 Å². The Morgan fingerprint density at radius 2 is 2.28 bits per heavy atom. The average Bonchev–Trinajstić information content (AvgIpc) is 2.99. The highest BCUT2D eigenvalue weighted by molar-refractivity contribution is 7.18. The number of nitrogens with zero attached hydrogens (tertiary/aromatic N) is 2. The van der Waals surface area contributed by atoms with Gasteiger partial charge < -0.3 is 10.6 Å². The third-order valence-corrected chi connectivity index (χ3v) is 5.58. The maximum Gasteiger partial charge on any atom is 0.224 e. The van der Waals surface area contributed by atoms with Gasteiger partial charge >= 0.3 is 0 Å². The predicted molar refractivity (Wildman–Crippen MR) is 94.6 cm³/mol. The molecule has 0 aliphatic carbocycles. The van der Waals surface area contributed by atoms with E-state index in [4.69, 9.17) is 0 Å². The van der Waals surface area contributed by atoms with Crippen LogP contribution in [0.1, 0.15) is 23.9 Å². The van der Waals surface area contributed by atoms with Crippen molar-refractivity contribution in [2.24, 2.45) is 5.92 Å². The molecule has 0 bridgehead atoms. The summed E-state index contributed by atoms with van der Waals surface area (Å²) in [5, 5.41) is 6.87. The fourth-order valence-corrected chi connectivity index (χ4v) is 4.23. The Morgan fingerprint density at radius 3 is 2.96 bits per heavy atom. The van der Waals surface area contributed by atoms with Crippen molar-refractivity contribution in [1.29, 1.82) is 0 Å². The van der Waals surface area contributed by atoms with Gasteiger partial charge in [-0.2, -0.15) is 0 Å². The van der Waals surface area contributed by atoms with Crippen LogP contribution in [0.15, 0.2) is 12.1 Å². The lowest BCUT2D eigenvalue weighted by molar-refractivity contribution is -0.125. The van der Waals surface area contributed by atoms with E-state index in [2.05, 4.69) is 15.6 Å². The maximum absolute atomic E-state index is 13.9. The van der Waals surface area contributed by atoms with Gasteiger partial charge in [0.25, 0.3) is 0 Å². The fourth-order valence-electron chi connectivity index (χ4n) is 3.02. The molecule has 1 amide bonds. The largest absolute Gasteiger partial charge is 0.354 e. The van der Waals surface area contributed by atoms with Crippen LogP contribution in [0.4, 0.5) is 8.78 Å². The Bertz CT molecular complexity index is 758. The standard InChI is InChI=1S/C17H22F2N4OS/c1-23(2)13(9-21-16(24)10-4-3-5-20-8-10)17-22-15-12(19)6-11(18)7-14(15)25-17/h6-7,10,13,20H,3-5,8-9H2,1-2H3,(H,21,24)/t10-,13-/m0/s1. The van der Waals surface area contributed by atoms with E-state index in [0.29, 0.717) is 22.8 Å². The Labute approximate surface area is 149 Å². The van der Waals surface area contributed by atoms with Crippen LogP contribution in [0.3, 0.4) is 0 Å². The quantitative estimate of drug-likeness (QED) is 0.850. The number of benzene rings is 1. The van der Waals surface area contributed by atoms with Crippen LogP contribution >= 0.6 is 11.3 Å². The molecule has 1 aliphatic heterocycles. The van der Waals surface area contributed by atoms with Gasteiger partial charge in [0.15, 0.2) is 5.82 Å². The number of carbonyl (C=O) groups excluding carboxylic acids is 1. The smallest absolute Gasteiger partial charge is 0.224 e. The van der Waals surface area contributed by atoms with Crippen LogP contribution in [-0.2, 0) is 4.79 Å². The Balaban J connectivity index is 1.74. The highest BCUT2D eigenvalue weighted by atomic mass is 32.1. The van der Waals surface area contributed by atoms with Crippen LogP contribution < -0.4 is 10.6 Å². The van der Waals surface area contributed by atoms with Gasteiger partial charge in [0.2, 0.25) is 5.91 Å². The number of fused-ring (bicyclic) bond motifs is 1. The van der Waals surface area contributed by atoms with Crippen molar-refractivity contribution in [2.45, 2.75) is 18.9 Å². The minimum Gasteiger partial charge on any atom is -0.354 e. The molecule has 2 N–H and O–H groups in total. The number of rotatable bonds is 5. The minimum absolute atomic E-state index is 0.0153. The molecule has 1 aromatic heterocycles. The van der Waals surface area contributed by atoms with Gasteiger partial charge in [0.1, 0.15) is 16.3 Å². The molecule has 2 atom stereocenters. The Morgan fingerprint density at radius 1 is 1.48 bits per heavy atom. The van der Waals surface area contributed by atoms with Gasteiger partial charge in [-0.3, -0.25) is 9.69 Å². The van der Waals surface area contributed by atoms with Crippen LogP contribution in [0.5, 0.6) is 0 Å². The number of amides is 1. The lowest BCUT2D eigenvalue weighted by atomic mass is 9.99. The van der Waals surface area contributed by atoms with E-state index in [1.807, 2.05) is 19.0 Å². The number of carbonyl (C=O) groups is 1. The maximum atomic E-state index is 13.9. The second-order valence-corrected chi connectivity index (χ2v) is 7.62. The number of hydrogen-bond acceptors (Lipinski definition) is 5. The first kappa shape index (κ1) is 18.2. The third kappa shape index (κ3) is 4.13. The van der Waals surface area contributed by atoms with Crippen molar-refractivity contribution in [3.8, 4) is 0 Å². The molecule has 8 heteroatoms. The minimum atomic E-state index is -0.660. The number of piperidine rings is 1. The molecule has 0 unspecified atom stereocenters. The van der Waals surface area contributed by atoms with Crippen molar-refractivity contribution in [3.63, 3.8) is 0 Å². The molecule has 1 fully saturated rings. The number of aromatic nitrogens is 1. The fraction of sp³-hybridized carbons (Fsp3) is 0.529. The molecule has 2 aromatic rings. The number of thiazole rings is 1. The van der Waals surface area contributed by atoms with Crippen molar-refractivity contribution < 1.29 is 13.6 Å².